The molecule has 1 aliphatic rings. The fraction of sp³-hybridized carbons (Fsp3) is 0.462. The molecule has 100 valence electrons. The summed E-state index contributed by atoms with van der Waals surface area (Å²) in [6, 6.07) is 5.45. The number of carbonyl (C=O) groups is 1. The molecule has 1 aromatic carbocycles. The van der Waals surface area contributed by atoms with Gasteiger partial charge in [0.05, 0.1) is 13.7 Å². The zero-order valence-electron chi connectivity index (χ0n) is 10.6. The summed E-state index contributed by atoms with van der Waals surface area (Å²) in [5.74, 6) is 0.617. The maximum atomic E-state index is 11.8. The van der Waals surface area contributed by atoms with E-state index < -0.39 is 0 Å². The molecule has 1 heterocycles. The van der Waals surface area contributed by atoms with E-state index in [0.717, 1.165) is 29.8 Å². The molecule has 0 saturated carbocycles. The Hall–Kier alpha value is -1.26. The van der Waals surface area contributed by atoms with E-state index in [9.17, 15) is 4.79 Å². The zero-order valence-corrected chi connectivity index (χ0v) is 11.4. The molecule has 0 aromatic heterocycles. The van der Waals surface area contributed by atoms with Crippen LogP contribution in [0.5, 0.6) is 5.75 Å². The van der Waals surface area contributed by atoms with E-state index in [1.54, 1.807) is 7.11 Å². The number of carbonyl (C=O) groups excluding carboxylic acids is 1. The summed E-state index contributed by atoms with van der Waals surface area (Å²) >= 11 is 0. The highest BCUT2D eigenvalue weighted by Crippen LogP contribution is 2.27. The second-order valence-electron chi connectivity index (χ2n) is 3.95. The first-order valence-electron chi connectivity index (χ1n) is 5.83. The quantitative estimate of drug-likeness (QED) is 0.853. The average Bonchev–Trinajstić information content (AvgIpc) is 2.37. The van der Waals surface area contributed by atoms with Crippen molar-refractivity contribution in [2.24, 2.45) is 0 Å². The largest absolute Gasteiger partial charge is 0.497 e. The molecule has 2 rings (SSSR count). The molecule has 1 atom stereocenters. The normalized spacial score (nSPS) is 17.3. The van der Waals surface area contributed by atoms with Gasteiger partial charge in [-0.3, -0.25) is 0 Å². The van der Waals surface area contributed by atoms with Gasteiger partial charge in [-0.15, -0.1) is 12.4 Å². The number of methoxy groups -OCH3 is 1. The number of ether oxygens (including phenoxy) is 2. The van der Waals surface area contributed by atoms with Crippen LogP contribution in [-0.2, 0) is 16.0 Å². The third-order valence-electron chi connectivity index (χ3n) is 2.93. The Morgan fingerprint density at radius 1 is 1.50 bits per heavy atom. The highest BCUT2D eigenvalue weighted by atomic mass is 35.5. The van der Waals surface area contributed by atoms with Crippen LogP contribution in [0.3, 0.4) is 0 Å². The Labute approximate surface area is 113 Å². The molecule has 1 unspecified atom stereocenters. The van der Waals surface area contributed by atoms with Crippen LogP contribution >= 0.6 is 12.4 Å². The number of hydrogen-bond donors (Lipinski definition) is 1. The van der Waals surface area contributed by atoms with Gasteiger partial charge in [0, 0.05) is 6.54 Å². The third kappa shape index (κ3) is 2.94. The van der Waals surface area contributed by atoms with Gasteiger partial charge in [-0.2, -0.15) is 0 Å². The van der Waals surface area contributed by atoms with Crippen LogP contribution in [0.2, 0.25) is 0 Å². The van der Waals surface area contributed by atoms with Gasteiger partial charge >= 0.3 is 5.97 Å². The number of benzene rings is 1. The minimum Gasteiger partial charge on any atom is -0.497 e. The van der Waals surface area contributed by atoms with Crippen molar-refractivity contribution in [2.75, 3.05) is 20.3 Å². The van der Waals surface area contributed by atoms with Crippen molar-refractivity contribution >= 4 is 18.4 Å². The molecule has 0 saturated heterocycles. The lowest BCUT2D eigenvalue weighted by Crippen LogP contribution is -2.36. The molecule has 0 amide bonds. The Bertz CT molecular complexity index is 423. The van der Waals surface area contributed by atoms with Crippen molar-refractivity contribution in [3.63, 3.8) is 0 Å². The van der Waals surface area contributed by atoms with Crippen LogP contribution in [0.4, 0.5) is 0 Å². The summed E-state index contributed by atoms with van der Waals surface area (Å²) in [7, 11) is 1.64. The SMILES string of the molecule is CCOC(=O)C1NCCc2cc(OC)ccc21.Cl. The molecule has 0 aliphatic carbocycles. The van der Waals surface area contributed by atoms with Gasteiger partial charge in [0.15, 0.2) is 0 Å². The lowest BCUT2D eigenvalue weighted by molar-refractivity contribution is -0.146. The van der Waals surface area contributed by atoms with Crippen LogP contribution in [0.15, 0.2) is 18.2 Å². The first-order chi connectivity index (χ1) is 8.26. The predicted octanol–water partition coefficient (Wildman–Crippen LogP) is 1.87. The van der Waals surface area contributed by atoms with E-state index in [4.69, 9.17) is 9.47 Å². The van der Waals surface area contributed by atoms with Crippen LogP contribution < -0.4 is 10.1 Å². The summed E-state index contributed by atoms with van der Waals surface area (Å²) in [5, 5.41) is 3.18. The number of fused-ring (bicyclic) bond motifs is 1. The van der Waals surface area contributed by atoms with Gasteiger partial charge in [0.25, 0.3) is 0 Å². The first kappa shape index (κ1) is 14.8. The van der Waals surface area contributed by atoms with Crippen molar-refractivity contribution < 1.29 is 14.3 Å². The van der Waals surface area contributed by atoms with Gasteiger partial charge < -0.3 is 14.8 Å². The number of nitrogens with one attached hydrogen (secondary N) is 1. The molecular weight excluding hydrogens is 254 g/mol. The molecule has 18 heavy (non-hydrogen) atoms. The molecular formula is C13H18ClNO3. The fourth-order valence-corrected chi connectivity index (χ4v) is 2.10. The highest BCUT2D eigenvalue weighted by molar-refractivity contribution is 5.85. The molecule has 0 fully saturated rings. The molecule has 0 radical (unpaired) electrons. The van der Waals surface area contributed by atoms with Gasteiger partial charge in [0.1, 0.15) is 11.8 Å². The topological polar surface area (TPSA) is 47.6 Å². The molecule has 5 heteroatoms. The second-order valence-corrected chi connectivity index (χ2v) is 3.95. The lowest BCUT2D eigenvalue weighted by atomic mass is 9.94. The Morgan fingerprint density at radius 2 is 2.28 bits per heavy atom. The monoisotopic (exact) mass is 271 g/mol. The summed E-state index contributed by atoms with van der Waals surface area (Å²) < 4.78 is 10.2. The number of rotatable bonds is 3. The lowest BCUT2D eigenvalue weighted by Gasteiger charge is -2.25. The summed E-state index contributed by atoms with van der Waals surface area (Å²) in [4.78, 5) is 11.8. The van der Waals surface area contributed by atoms with E-state index in [1.165, 1.54) is 0 Å². The summed E-state index contributed by atoms with van der Waals surface area (Å²) in [6.07, 6.45) is 0.905. The Kier molecular flexibility index (Phi) is 5.44. The van der Waals surface area contributed by atoms with Crippen molar-refractivity contribution in [1.29, 1.82) is 0 Å². The van der Waals surface area contributed by atoms with E-state index in [0.29, 0.717) is 6.61 Å². The predicted molar refractivity (Wildman–Crippen MR) is 71.3 cm³/mol. The molecule has 0 bridgehead atoms. The fourth-order valence-electron chi connectivity index (χ4n) is 2.10. The maximum Gasteiger partial charge on any atom is 0.327 e. The molecule has 0 spiro atoms. The van der Waals surface area contributed by atoms with Crippen LogP contribution in [0.1, 0.15) is 24.1 Å². The van der Waals surface area contributed by atoms with Gasteiger partial charge in [-0.05, 0) is 36.6 Å². The minimum absolute atomic E-state index is 0. The molecule has 4 nitrogen and oxygen atoms in total. The van der Waals surface area contributed by atoms with Crippen LogP contribution in [0, 0.1) is 0 Å². The molecule has 1 aromatic rings. The van der Waals surface area contributed by atoms with E-state index in [2.05, 4.69) is 5.32 Å². The van der Waals surface area contributed by atoms with E-state index >= 15 is 0 Å². The van der Waals surface area contributed by atoms with Gasteiger partial charge in [-0.1, -0.05) is 6.07 Å². The van der Waals surface area contributed by atoms with E-state index in [-0.39, 0.29) is 24.4 Å². The van der Waals surface area contributed by atoms with Crippen LogP contribution in [-0.4, -0.2) is 26.2 Å². The molecule has 1 aliphatic heterocycles. The Balaban J connectivity index is 0.00000162. The van der Waals surface area contributed by atoms with Crippen molar-refractivity contribution in [1.82, 2.24) is 5.32 Å². The second kappa shape index (κ2) is 6.61. The average molecular weight is 272 g/mol. The smallest absolute Gasteiger partial charge is 0.327 e. The van der Waals surface area contributed by atoms with Gasteiger partial charge in [0.2, 0.25) is 0 Å². The maximum absolute atomic E-state index is 11.8. The van der Waals surface area contributed by atoms with Crippen molar-refractivity contribution in [2.45, 2.75) is 19.4 Å². The number of hydrogen-bond acceptors (Lipinski definition) is 4. The van der Waals surface area contributed by atoms with Crippen molar-refractivity contribution in [3.05, 3.63) is 29.3 Å². The summed E-state index contributed by atoms with van der Waals surface area (Å²) in [6.45, 7) is 3.00. The standard InChI is InChI=1S/C13H17NO3.ClH/c1-3-17-13(15)12-11-5-4-10(16-2)8-9(11)6-7-14-12;/h4-5,8,12,14H,3,6-7H2,1-2H3;1H. The molecule has 1 N–H and O–H groups in total. The minimum atomic E-state index is -0.343. The van der Waals surface area contributed by atoms with E-state index in [1.807, 2.05) is 25.1 Å². The zero-order chi connectivity index (χ0) is 12.3. The third-order valence-corrected chi connectivity index (χ3v) is 2.93. The number of esters is 1. The highest BCUT2D eigenvalue weighted by Gasteiger charge is 2.27. The first-order valence-corrected chi connectivity index (χ1v) is 5.83. The Morgan fingerprint density at radius 3 is 2.94 bits per heavy atom. The van der Waals surface area contributed by atoms with Crippen molar-refractivity contribution in [3.8, 4) is 5.75 Å². The summed E-state index contributed by atoms with van der Waals surface area (Å²) in [5.41, 5.74) is 2.15. The van der Waals surface area contributed by atoms with Crippen LogP contribution in [0.25, 0.3) is 0 Å². The number of halogens is 1. The van der Waals surface area contributed by atoms with Gasteiger partial charge in [-0.25, -0.2) is 4.79 Å².